The minimum absolute atomic E-state index is 0.0649. The maximum absolute atomic E-state index is 13.6. The maximum Gasteiger partial charge on any atom is 0.313 e. The number of ether oxygens (including phenoxy) is 14. The van der Waals surface area contributed by atoms with Crippen molar-refractivity contribution in [3.63, 3.8) is 0 Å². The van der Waals surface area contributed by atoms with E-state index in [1.165, 1.54) is 12.1 Å². The van der Waals surface area contributed by atoms with Gasteiger partial charge in [0.15, 0.2) is 0 Å². The van der Waals surface area contributed by atoms with Crippen LogP contribution in [0.15, 0.2) is 18.2 Å². The Labute approximate surface area is 389 Å². The topological polar surface area (TPSA) is 245 Å². The molecule has 0 atom stereocenters. The molecule has 2 rings (SSSR count). The summed E-state index contributed by atoms with van der Waals surface area (Å²) in [6, 6.07) is 3.39. The average Bonchev–Trinajstić information content (AvgIpc) is 3.33. The molecule has 0 amide bonds. The molecule has 0 spiro atoms. The van der Waals surface area contributed by atoms with Crippen LogP contribution in [-0.2, 0) is 66.4 Å². The molecule has 68 heavy (non-hydrogen) atoms. The van der Waals surface area contributed by atoms with Crippen LogP contribution in [0.5, 0.6) is 5.75 Å². The number of carbonyl (C=O) groups is 1. The van der Waals surface area contributed by atoms with E-state index in [1.54, 1.807) is 0 Å². The Morgan fingerprint density at radius 3 is 1.03 bits per heavy atom. The molecule has 0 fully saturated rings. The van der Waals surface area contributed by atoms with E-state index in [9.17, 15) is 47.0 Å². The van der Waals surface area contributed by atoms with Gasteiger partial charge in [-0.25, -0.2) is 13.2 Å². The molecule has 0 aliphatic carbocycles. The summed E-state index contributed by atoms with van der Waals surface area (Å²) in [5.74, 6) is -14.2. The van der Waals surface area contributed by atoms with Crippen molar-refractivity contribution in [3.8, 4) is 5.75 Å². The number of halogens is 5. The predicted molar refractivity (Wildman–Crippen MR) is 225 cm³/mol. The Kier molecular flexibility index (Phi) is 34.7. The van der Waals surface area contributed by atoms with Crippen LogP contribution in [-0.4, -0.2) is 194 Å². The van der Waals surface area contributed by atoms with Gasteiger partial charge in [0, 0.05) is 12.6 Å². The van der Waals surface area contributed by atoms with E-state index in [-0.39, 0.29) is 63.2 Å². The van der Waals surface area contributed by atoms with Gasteiger partial charge in [0.05, 0.1) is 194 Å². The highest BCUT2D eigenvalue weighted by atomic mass is 19.2. The van der Waals surface area contributed by atoms with Gasteiger partial charge < -0.3 is 71.6 Å². The van der Waals surface area contributed by atoms with Crippen LogP contribution < -0.4 is 10.1 Å². The minimum atomic E-state index is -2.36. The summed E-state index contributed by atoms with van der Waals surface area (Å²) in [5.41, 5.74) is -0.577. The van der Waals surface area contributed by atoms with Crippen molar-refractivity contribution < 1.29 is 103 Å². The molecule has 2 aromatic carbocycles. The third-order valence-electron chi connectivity index (χ3n) is 8.25. The summed E-state index contributed by atoms with van der Waals surface area (Å²) < 4.78 is 141. The third-order valence-corrected chi connectivity index (χ3v) is 8.25. The van der Waals surface area contributed by atoms with Crippen molar-refractivity contribution in [2.75, 3.05) is 184 Å². The number of rotatable bonds is 46. The van der Waals surface area contributed by atoms with E-state index in [2.05, 4.69) is 10.1 Å². The fraction of sp³-hybridized carbons (Fsp3) is 0.683. The van der Waals surface area contributed by atoms with Crippen LogP contribution in [0.25, 0.3) is 0 Å². The largest absolute Gasteiger partial charge is 0.420 e. The fourth-order valence-electron chi connectivity index (χ4n) is 4.93. The number of nitro groups is 2. The van der Waals surface area contributed by atoms with Crippen LogP contribution in [0.3, 0.4) is 0 Å². The zero-order chi connectivity index (χ0) is 49.5. The summed E-state index contributed by atoms with van der Waals surface area (Å²) in [4.78, 5) is 32.3. The molecule has 1 N–H and O–H groups in total. The smallest absolute Gasteiger partial charge is 0.313 e. The summed E-state index contributed by atoms with van der Waals surface area (Å²) in [6.07, 6.45) is -0.500. The lowest BCUT2D eigenvalue weighted by Crippen LogP contribution is -2.16. The number of nitrogens with zero attached hydrogens (tertiary/aromatic N) is 2. The Balaban J connectivity index is 1.19. The quantitative estimate of drug-likeness (QED) is 0.0145. The van der Waals surface area contributed by atoms with E-state index in [0.29, 0.717) is 132 Å². The molecule has 27 heteroatoms. The van der Waals surface area contributed by atoms with Crippen LogP contribution >= 0.6 is 0 Å². The van der Waals surface area contributed by atoms with E-state index in [4.69, 9.17) is 61.6 Å². The standard InChI is InChI=1S/C41H60F5N3O19/c42-36-37(43)39(45)41(40(46)38(36)44)68-35(50)3-5-55-7-9-57-11-13-59-15-17-61-19-21-63-23-25-65-27-29-67-30-28-66-26-24-64-22-20-62-18-16-60-14-12-58-10-8-56-6-4-47-33-2-1-32(48(51)52)31-34(33)49(53)54/h1-2,31,47H,3-30H2. The molecular weight excluding hydrogens is 933 g/mol. The van der Waals surface area contributed by atoms with E-state index in [0.717, 1.165) is 6.07 Å². The molecule has 22 nitrogen and oxygen atoms in total. The van der Waals surface area contributed by atoms with Crippen molar-refractivity contribution in [2.24, 2.45) is 0 Å². The Morgan fingerprint density at radius 1 is 0.426 bits per heavy atom. The van der Waals surface area contributed by atoms with Crippen molar-refractivity contribution in [2.45, 2.75) is 6.42 Å². The molecule has 2 aromatic rings. The van der Waals surface area contributed by atoms with Gasteiger partial charge in [-0.1, -0.05) is 0 Å². The molecule has 0 aromatic heterocycles. The second-order valence-electron chi connectivity index (χ2n) is 13.2. The molecule has 0 saturated heterocycles. The molecule has 0 heterocycles. The summed E-state index contributed by atoms with van der Waals surface area (Å²) in [5, 5.41) is 24.8. The lowest BCUT2D eigenvalue weighted by molar-refractivity contribution is -0.393. The summed E-state index contributed by atoms with van der Waals surface area (Å²) in [6.45, 7) is 8.90. The van der Waals surface area contributed by atoms with Gasteiger partial charge in [0.2, 0.25) is 34.8 Å². The van der Waals surface area contributed by atoms with E-state index in [1.807, 2.05) is 0 Å². The average molecular weight is 994 g/mol. The zero-order valence-corrected chi connectivity index (χ0v) is 37.6. The minimum Gasteiger partial charge on any atom is -0.420 e. The highest BCUT2D eigenvalue weighted by Gasteiger charge is 2.28. The van der Waals surface area contributed by atoms with Crippen molar-refractivity contribution in [1.82, 2.24) is 0 Å². The number of carbonyl (C=O) groups excluding carboxylic acids is 1. The molecule has 0 radical (unpaired) electrons. The number of esters is 1. The highest BCUT2D eigenvalue weighted by Crippen LogP contribution is 2.30. The van der Waals surface area contributed by atoms with Gasteiger partial charge in [-0.05, 0) is 6.07 Å². The van der Waals surface area contributed by atoms with Crippen LogP contribution in [0.2, 0.25) is 0 Å². The van der Waals surface area contributed by atoms with Gasteiger partial charge in [0.25, 0.3) is 11.4 Å². The second-order valence-corrected chi connectivity index (χ2v) is 13.2. The second kappa shape index (κ2) is 39.5. The Morgan fingerprint density at radius 2 is 0.721 bits per heavy atom. The lowest BCUT2D eigenvalue weighted by Gasteiger charge is -2.09. The number of benzene rings is 2. The number of anilines is 1. The van der Waals surface area contributed by atoms with Gasteiger partial charge in [-0.2, -0.15) is 8.78 Å². The SMILES string of the molecule is O=C(CCOCCOCCOCCOCCOCCOCCOCCOCCOCCOCCOCCOCCOCCNc1ccc([N+](=O)[O-])cc1[N+](=O)[O-])Oc1c(F)c(F)c(F)c(F)c1F. The van der Waals surface area contributed by atoms with Gasteiger partial charge in [0.1, 0.15) is 5.69 Å². The number of nitro benzene ring substituents is 2. The van der Waals surface area contributed by atoms with E-state index >= 15 is 0 Å². The summed E-state index contributed by atoms with van der Waals surface area (Å²) in [7, 11) is 0. The van der Waals surface area contributed by atoms with E-state index < -0.39 is 57.1 Å². The Bertz CT molecular complexity index is 1660. The normalized spacial score (nSPS) is 11.4. The first-order valence-corrected chi connectivity index (χ1v) is 21.4. The first-order chi connectivity index (χ1) is 33.0. The summed E-state index contributed by atoms with van der Waals surface area (Å²) >= 11 is 0. The van der Waals surface area contributed by atoms with Crippen molar-refractivity contribution in [1.29, 1.82) is 0 Å². The molecule has 0 aliphatic rings. The van der Waals surface area contributed by atoms with Gasteiger partial charge in [-0.15, -0.1) is 0 Å². The first kappa shape index (κ1) is 59.8. The predicted octanol–water partition coefficient (Wildman–Crippen LogP) is 3.82. The maximum atomic E-state index is 13.6. The number of hydrogen-bond donors (Lipinski definition) is 1. The fourth-order valence-corrected chi connectivity index (χ4v) is 4.93. The zero-order valence-electron chi connectivity index (χ0n) is 37.6. The highest BCUT2D eigenvalue weighted by molar-refractivity contribution is 5.72. The van der Waals surface area contributed by atoms with Crippen LogP contribution in [0.1, 0.15) is 6.42 Å². The van der Waals surface area contributed by atoms with Gasteiger partial charge in [-0.3, -0.25) is 25.0 Å². The molecule has 388 valence electrons. The molecule has 0 unspecified atom stereocenters. The molecular formula is C41H60F5N3O19. The lowest BCUT2D eigenvalue weighted by atomic mass is 10.2. The number of non-ortho nitro benzene ring substituents is 1. The molecule has 0 aliphatic heterocycles. The van der Waals surface area contributed by atoms with Crippen LogP contribution in [0.4, 0.5) is 39.0 Å². The molecule has 0 bridgehead atoms. The number of hydrogen-bond acceptors (Lipinski definition) is 20. The van der Waals surface area contributed by atoms with Crippen molar-refractivity contribution in [3.05, 3.63) is 67.5 Å². The third kappa shape index (κ3) is 28.2. The first-order valence-electron chi connectivity index (χ1n) is 21.4. The molecule has 0 saturated carbocycles. The number of nitrogens with one attached hydrogen (secondary N) is 1. The van der Waals surface area contributed by atoms with Crippen molar-refractivity contribution >= 4 is 23.0 Å². The van der Waals surface area contributed by atoms with Crippen LogP contribution in [0, 0.1) is 49.3 Å². The Hall–Kier alpha value is -4.36. The van der Waals surface area contributed by atoms with Gasteiger partial charge >= 0.3 is 5.97 Å². The monoisotopic (exact) mass is 993 g/mol.